The lowest BCUT2D eigenvalue weighted by Gasteiger charge is -2.61. The number of hydrogen-bond donors (Lipinski definition) is 0. The predicted molar refractivity (Wildman–Crippen MR) is 118 cm³/mol. The maximum absolute atomic E-state index is 13.0. The quantitative estimate of drug-likeness (QED) is 0.477. The predicted octanol–water partition coefficient (Wildman–Crippen LogP) is 2.94. The molecule has 2 bridgehead atoms. The number of hydrogen-bond acceptors (Lipinski definition) is 5. The minimum Gasteiger partial charge on any atom is -0.591 e. The summed E-state index contributed by atoms with van der Waals surface area (Å²) in [6.07, 6.45) is 7.13. The highest BCUT2D eigenvalue weighted by atomic mass is 32.2. The van der Waals surface area contributed by atoms with Crippen molar-refractivity contribution in [3.05, 3.63) is 58.3 Å². The summed E-state index contributed by atoms with van der Waals surface area (Å²) in [7, 11) is 1.73. The third kappa shape index (κ3) is 2.93. The zero-order valence-electron chi connectivity index (χ0n) is 17.6. The second-order valence-corrected chi connectivity index (χ2v) is 11.5. The van der Waals surface area contributed by atoms with Gasteiger partial charge in [-0.05, 0) is 63.5 Å². The Bertz CT molecular complexity index is 1220. The molecule has 1 aromatic carbocycles. The highest BCUT2D eigenvalue weighted by Gasteiger charge is 2.58. The molecule has 6 rings (SSSR count). The van der Waals surface area contributed by atoms with Crippen LogP contribution in [-0.2, 0) is 23.9 Å². The fourth-order valence-corrected chi connectivity index (χ4v) is 4.98. The SMILES string of the molecule is Cn1ccc2c(/C(=N\[S+]([O-])C(C)(C)C)c3cn(C45CC(C4)C5)nn3)cccc2c1=O. The topological polar surface area (TPSA) is 88.1 Å². The van der Waals surface area contributed by atoms with E-state index in [-0.39, 0.29) is 11.1 Å². The average molecular weight is 424 g/mol. The maximum atomic E-state index is 13.0. The lowest BCUT2D eigenvalue weighted by Crippen LogP contribution is -2.59. The molecule has 1 unspecified atom stereocenters. The zero-order valence-corrected chi connectivity index (χ0v) is 18.4. The summed E-state index contributed by atoms with van der Waals surface area (Å²) in [5.74, 6) is 0.827. The summed E-state index contributed by atoms with van der Waals surface area (Å²) >= 11 is -1.48. The molecular weight excluding hydrogens is 398 g/mol. The Balaban J connectivity index is 1.68. The Morgan fingerprint density at radius 3 is 2.60 bits per heavy atom. The number of benzene rings is 1. The number of aromatic nitrogens is 4. The van der Waals surface area contributed by atoms with Crippen LogP contribution in [0, 0.1) is 5.92 Å². The van der Waals surface area contributed by atoms with Crippen LogP contribution < -0.4 is 5.56 Å². The summed E-state index contributed by atoms with van der Waals surface area (Å²) in [5, 5.41) is 10.2. The minimum atomic E-state index is -1.48. The van der Waals surface area contributed by atoms with Crippen molar-refractivity contribution in [3.8, 4) is 0 Å². The van der Waals surface area contributed by atoms with Crippen molar-refractivity contribution in [1.29, 1.82) is 0 Å². The molecular formula is C22H25N5O2S. The van der Waals surface area contributed by atoms with Crippen molar-refractivity contribution in [2.24, 2.45) is 17.4 Å². The van der Waals surface area contributed by atoms with Gasteiger partial charge in [0.15, 0.2) is 5.71 Å². The summed E-state index contributed by atoms with van der Waals surface area (Å²) in [6, 6.07) is 7.44. The highest BCUT2D eigenvalue weighted by Crippen LogP contribution is 2.61. The van der Waals surface area contributed by atoms with Crippen molar-refractivity contribution < 1.29 is 4.55 Å². The van der Waals surface area contributed by atoms with Gasteiger partial charge >= 0.3 is 0 Å². The Hall–Kier alpha value is -2.45. The van der Waals surface area contributed by atoms with Crippen molar-refractivity contribution in [1.82, 2.24) is 19.6 Å². The lowest BCUT2D eigenvalue weighted by atomic mass is 9.50. The van der Waals surface area contributed by atoms with Crippen LogP contribution in [0.1, 0.15) is 51.3 Å². The van der Waals surface area contributed by atoms with E-state index in [4.69, 9.17) is 0 Å². The van der Waals surface area contributed by atoms with E-state index in [0.29, 0.717) is 16.8 Å². The summed E-state index contributed by atoms with van der Waals surface area (Å²) in [5.41, 5.74) is 1.87. The summed E-state index contributed by atoms with van der Waals surface area (Å²) in [4.78, 5) is 12.6. The van der Waals surface area contributed by atoms with E-state index in [1.165, 1.54) is 0 Å². The van der Waals surface area contributed by atoms with Gasteiger partial charge in [-0.2, -0.15) is 0 Å². The van der Waals surface area contributed by atoms with Gasteiger partial charge in [0.05, 0.1) is 11.7 Å². The van der Waals surface area contributed by atoms with Gasteiger partial charge in [-0.1, -0.05) is 21.7 Å². The molecule has 0 saturated heterocycles. The van der Waals surface area contributed by atoms with Crippen LogP contribution in [0.15, 0.2) is 45.9 Å². The molecule has 3 fully saturated rings. The van der Waals surface area contributed by atoms with E-state index in [9.17, 15) is 9.35 Å². The van der Waals surface area contributed by atoms with Gasteiger partial charge in [-0.3, -0.25) is 4.79 Å². The van der Waals surface area contributed by atoms with E-state index in [1.54, 1.807) is 23.9 Å². The molecule has 3 aliphatic carbocycles. The van der Waals surface area contributed by atoms with Gasteiger partial charge in [0.25, 0.3) is 5.56 Å². The Morgan fingerprint density at radius 1 is 1.23 bits per heavy atom. The van der Waals surface area contributed by atoms with Gasteiger partial charge < -0.3 is 9.12 Å². The highest BCUT2D eigenvalue weighted by molar-refractivity contribution is 7.91. The molecule has 3 aromatic rings. The molecule has 0 amide bonds. The fourth-order valence-electron chi connectivity index (χ4n) is 4.35. The molecule has 7 nitrogen and oxygen atoms in total. The molecule has 2 heterocycles. The Morgan fingerprint density at radius 2 is 1.97 bits per heavy atom. The third-order valence-corrected chi connectivity index (χ3v) is 7.70. The number of rotatable bonds is 4. The first-order chi connectivity index (χ1) is 14.2. The monoisotopic (exact) mass is 423 g/mol. The molecule has 8 heteroatoms. The summed E-state index contributed by atoms with van der Waals surface area (Å²) in [6.45, 7) is 5.67. The smallest absolute Gasteiger partial charge is 0.258 e. The lowest BCUT2D eigenvalue weighted by molar-refractivity contribution is -0.0988. The molecule has 156 valence electrons. The van der Waals surface area contributed by atoms with E-state index >= 15 is 0 Å². The molecule has 0 N–H and O–H groups in total. The van der Waals surface area contributed by atoms with Crippen LogP contribution in [-0.4, -0.2) is 34.6 Å². The van der Waals surface area contributed by atoms with E-state index in [1.807, 2.05) is 49.8 Å². The molecule has 1 atom stereocenters. The third-order valence-electron chi connectivity index (χ3n) is 6.30. The van der Waals surface area contributed by atoms with Gasteiger partial charge in [-0.15, -0.1) is 5.10 Å². The fraction of sp³-hybridized carbons (Fsp3) is 0.455. The second kappa shape index (κ2) is 6.52. The van der Waals surface area contributed by atoms with Crippen LogP contribution in [0.4, 0.5) is 0 Å². The van der Waals surface area contributed by atoms with Crippen molar-refractivity contribution in [2.75, 3.05) is 0 Å². The molecule has 2 aromatic heterocycles. The van der Waals surface area contributed by atoms with Gasteiger partial charge in [0, 0.05) is 24.2 Å². The molecule has 30 heavy (non-hydrogen) atoms. The van der Waals surface area contributed by atoms with E-state index in [2.05, 4.69) is 14.7 Å². The molecule has 3 saturated carbocycles. The van der Waals surface area contributed by atoms with Crippen LogP contribution in [0.3, 0.4) is 0 Å². The molecule has 3 aliphatic rings. The Kier molecular flexibility index (Phi) is 4.24. The van der Waals surface area contributed by atoms with Gasteiger partial charge in [0.1, 0.15) is 21.8 Å². The molecule has 0 aliphatic heterocycles. The Labute approximate surface area is 178 Å². The van der Waals surface area contributed by atoms with Crippen LogP contribution >= 0.6 is 0 Å². The number of pyridine rings is 1. The van der Waals surface area contributed by atoms with E-state index < -0.39 is 16.1 Å². The summed E-state index contributed by atoms with van der Waals surface area (Å²) < 4.78 is 20.6. The largest absolute Gasteiger partial charge is 0.591 e. The minimum absolute atomic E-state index is 0.0804. The van der Waals surface area contributed by atoms with Crippen LogP contribution in [0.5, 0.6) is 0 Å². The zero-order chi connectivity index (χ0) is 21.3. The van der Waals surface area contributed by atoms with Gasteiger partial charge in [0.2, 0.25) is 0 Å². The standard InChI is InChI=1S/C22H25N5O2S/c1-21(2,3)30(29)24-19(18-13-27(25-23-18)22-10-14(11-22)12-22)16-6-5-7-17-15(16)8-9-26(4)20(17)28/h5-9,13-14H,10-12H2,1-4H3/b24-19+. The van der Waals surface area contributed by atoms with Crippen molar-refractivity contribution in [3.63, 3.8) is 0 Å². The number of fused-ring (bicyclic) bond motifs is 1. The van der Waals surface area contributed by atoms with Crippen LogP contribution in [0.2, 0.25) is 0 Å². The second-order valence-electron chi connectivity index (χ2n) is 9.55. The first kappa shape index (κ1) is 19.5. The first-order valence-electron chi connectivity index (χ1n) is 10.2. The average Bonchev–Trinajstić information content (AvgIpc) is 3.08. The van der Waals surface area contributed by atoms with Crippen LogP contribution in [0.25, 0.3) is 10.8 Å². The van der Waals surface area contributed by atoms with Gasteiger partial charge in [-0.25, -0.2) is 4.68 Å². The van der Waals surface area contributed by atoms with Crippen molar-refractivity contribution in [2.45, 2.75) is 50.3 Å². The number of nitrogens with zero attached hydrogens (tertiary/aromatic N) is 5. The van der Waals surface area contributed by atoms with E-state index in [0.717, 1.165) is 36.1 Å². The molecule has 0 radical (unpaired) electrons. The molecule has 0 spiro atoms. The maximum Gasteiger partial charge on any atom is 0.258 e. The van der Waals surface area contributed by atoms with Crippen molar-refractivity contribution >= 4 is 27.8 Å². The normalized spacial score (nSPS) is 24.4. The number of aryl methyl sites for hydroxylation is 1. The first-order valence-corrected chi connectivity index (χ1v) is 11.3.